The van der Waals surface area contributed by atoms with E-state index in [4.69, 9.17) is 42.6 Å². The van der Waals surface area contributed by atoms with Crippen LogP contribution >= 0.6 is 23.2 Å². The summed E-state index contributed by atoms with van der Waals surface area (Å²) in [7, 11) is 3.61. The molecule has 4 aromatic carbocycles. The Morgan fingerprint density at radius 2 is 1.78 bits per heavy atom. The number of hydrogen-bond donors (Lipinski definition) is 4. The summed E-state index contributed by atoms with van der Waals surface area (Å²) in [5.74, 6) is -0.173. The fourth-order valence-electron chi connectivity index (χ4n) is 11.1. The van der Waals surface area contributed by atoms with Crippen LogP contribution < -0.4 is 35.8 Å². The summed E-state index contributed by atoms with van der Waals surface area (Å²) < 4.78 is 11.8. The Labute approximate surface area is 480 Å². The summed E-state index contributed by atoms with van der Waals surface area (Å²) in [4.78, 5) is 96.3. The molecule has 0 radical (unpaired) electrons. The molecular formula is C59H66Cl2N12O8. The van der Waals surface area contributed by atoms with Gasteiger partial charge in [-0.05, 0) is 111 Å². The Balaban J connectivity index is 0.741. The maximum Gasteiger partial charge on any atom is 0.407 e. The first-order valence-corrected chi connectivity index (χ1v) is 28.0. The van der Waals surface area contributed by atoms with Gasteiger partial charge in [0, 0.05) is 104 Å². The summed E-state index contributed by atoms with van der Waals surface area (Å²) >= 11 is 13.2. The molecule has 424 valence electrons. The van der Waals surface area contributed by atoms with E-state index in [0.717, 1.165) is 69.6 Å². The van der Waals surface area contributed by atoms with Gasteiger partial charge in [-0.1, -0.05) is 66.2 Å². The largest absolute Gasteiger partial charge is 0.462 e. The molecule has 0 aliphatic carbocycles. The molecule has 0 spiro atoms. The number of alkyl carbamates (subject to hydrolysis) is 1. The van der Waals surface area contributed by atoms with Crippen molar-refractivity contribution in [2.24, 2.45) is 0 Å². The SMILES string of the molecule is C=C(COC(=O)NCCCc1cc(Cl)cc(NC(=O)NCc2ccc3c(c2)CN(C(C=O)CCC(=O)NC)C3=O)c1)C(=O)N1CCN(c2nc(OCC3CCCN3C)nc3c2CCN(c2cccc4cccc(Cl)c24)C3)CC1CC#N. The summed E-state index contributed by atoms with van der Waals surface area (Å²) in [5, 5.41) is 24.0. The number of piperazine rings is 1. The second-order valence-electron chi connectivity index (χ2n) is 20.8. The van der Waals surface area contributed by atoms with E-state index in [-0.39, 0.29) is 75.5 Å². The van der Waals surface area contributed by atoms with Crippen molar-refractivity contribution in [3.63, 3.8) is 0 Å². The van der Waals surface area contributed by atoms with Crippen molar-refractivity contribution in [3.05, 3.63) is 129 Å². The number of aromatic nitrogens is 2. The lowest BCUT2D eigenvalue weighted by atomic mass is 10.0. The second kappa shape index (κ2) is 26.5. The maximum atomic E-state index is 14.0. The normalized spacial score (nSPS) is 17.2. The average molecular weight is 1140 g/mol. The number of aryl methyl sites for hydroxylation is 1. The Bertz CT molecular complexity index is 3260. The second-order valence-corrected chi connectivity index (χ2v) is 21.6. The van der Waals surface area contributed by atoms with Gasteiger partial charge in [0.2, 0.25) is 5.91 Å². The Morgan fingerprint density at radius 3 is 2.56 bits per heavy atom. The lowest BCUT2D eigenvalue weighted by Crippen LogP contribution is -2.56. The number of aldehydes is 1. The van der Waals surface area contributed by atoms with E-state index in [1.54, 1.807) is 35.2 Å². The van der Waals surface area contributed by atoms with E-state index in [0.29, 0.717) is 85.6 Å². The van der Waals surface area contributed by atoms with Crippen LogP contribution in [0.2, 0.25) is 10.0 Å². The van der Waals surface area contributed by atoms with Crippen molar-refractivity contribution < 1.29 is 38.2 Å². The highest BCUT2D eigenvalue weighted by Crippen LogP contribution is 2.38. The number of nitriles is 1. The van der Waals surface area contributed by atoms with Crippen molar-refractivity contribution in [3.8, 4) is 12.1 Å². The molecule has 81 heavy (non-hydrogen) atoms. The molecule has 1 aromatic heterocycles. The minimum Gasteiger partial charge on any atom is -0.462 e. The van der Waals surface area contributed by atoms with Crippen LogP contribution in [0.1, 0.15) is 76.8 Å². The van der Waals surface area contributed by atoms with Crippen LogP contribution in [0.3, 0.4) is 0 Å². The third kappa shape index (κ3) is 14.0. The highest BCUT2D eigenvalue weighted by Gasteiger charge is 2.36. The van der Waals surface area contributed by atoms with Crippen LogP contribution in [0.25, 0.3) is 10.8 Å². The van der Waals surface area contributed by atoms with E-state index in [1.807, 2.05) is 24.3 Å². The number of ether oxygens (including phenoxy) is 2. The molecule has 4 N–H and O–H groups in total. The van der Waals surface area contributed by atoms with Crippen molar-refractivity contribution >= 4 is 87.3 Å². The van der Waals surface area contributed by atoms with Gasteiger partial charge in [0.1, 0.15) is 25.3 Å². The lowest BCUT2D eigenvalue weighted by Gasteiger charge is -2.42. The van der Waals surface area contributed by atoms with Gasteiger partial charge in [0.15, 0.2) is 0 Å². The summed E-state index contributed by atoms with van der Waals surface area (Å²) in [5.41, 5.74) is 6.16. The smallest absolute Gasteiger partial charge is 0.407 e. The van der Waals surface area contributed by atoms with Crippen LogP contribution in [-0.4, -0.2) is 146 Å². The van der Waals surface area contributed by atoms with Gasteiger partial charge in [-0.2, -0.15) is 15.2 Å². The van der Waals surface area contributed by atoms with Gasteiger partial charge in [0.25, 0.3) is 11.8 Å². The molecule has 20 nitrogen and oxygen atoms in total. The number of benzene rings is 4. The number of anilines is 3. The predicted molar refractivity (Wildman–Crippen MR) is 308 cm³/mol. The molecule has 2 saturated heterocycles. The molecule has 22 heteroatoms. The molecule has 5 aromatic rings. The predicted octanol–water partition coefficient (Wildman–Crippen LogP) is 7.19. The van der Waals surface area contributed by atoms with E-state index in [9.17, 15) is 34.0 Å². The molecule has 4 aliphatic heterocycles. The Hall–Kier alpha value is -7.99. The Kier molecular flexibility index (Phi) is 18.9. The number of nitrogens with one attached hydrogen (secondary N) is 4. The number of rotatable bonds is 21. The number of likely N-dealkylation sites (N-methyl/N-ethyl adjacent to an activating group) is 1. The van der Waals surface area contributed by atoms with Crippen molar-refractivity contribution in [2.75, 3.05) is 81.7 Å². The molecule has 6 amide bonds. The number of urea groups is 1. The van der Waals surface area contributed by atoms with Gasteiger partial charge in [0.05, 0.1) is 41.8 Å². The van der Waals surface area contributed by atoms with Crippen molar-refractivity contribution in [1.82, 2.24) is 40.6 Å². The molecule has 3 unspecified atom stereocenters. The van der Waals surface area contributed by atoms with Crippen LogP contribution in [0.4, 0.5) is 26.8 Å². The van der Waals surface area contributed by atoms with E-state index < -0.39 is 30.1 Å². The van der Waals surface area contributed by atoms with Crippen molar-refractivity contribution in [2.45, 2.75) is 89.1 Å². The summed E-state index contributed by atoms with van der Waals surface area (Å²) in [6, 6.07) is 23.6. The number of likely N-dealkylation sites (tertiary alicyclic amines) is 1. The fourth-order valence-corrected chi connectivity index (χ4v) is 11.6. The lowest BCUT2D eigenvalue weighted by molar-refractivity contribution is -0.130. The zero-order chi connectivity index (χ0) is 57.2. The average Bonchev–Trinajstić information content (AvgIpc) is 4.10. The van der Waals surface area contributed by atoms with Gasteiger partial charge in [-0.3, -0.25) is 14.4 Å². The number of amides is 6. The van der Waals surface area contributed by atoms with Gasteiger partial charge in [-0.15, -0.1) is 0 Å². The first-order chi connectivity index (χ1) is 39.2. The minimum atomic E-state index is -0.737. The minimum absolute atomic E-state index is 0.0609. The molecule has 2 fully saturated rings. The number of fused-ring (bicyclic) bond motifs is 3. The van der Waals surface area contributed by atoms with E-state index >= 15 is 0 Å². The molecular weight excluding hydrogens is 1080 g/mol. The number of halogens is 2. The third-order valence-corrected chi connectivity index (χ3v) is 15.9. The zero-order valence-electron chi connectivity index (χ0n) is 45.5. The standard InChI is InChI=1S/C59H66Cl2N12O8/c1-37(35-81-59(79)64-21-6-8-38-27-42(60)29-43(28-38)66-57(78)65-30-39-14-16-47-41(26-39)31-73(56(47)77)45(34-74)15-17-52(75)63-2)55(76)72-25-24-71(32-44(72)18-20-62)54-48-19-23-70(51-13-5-10-40-9-4-12-49(61)53(40)51)33-50(48)67-58(68-54)80-36-46-11-7-22-69(46)3/h4-5,9-10,12-14,16,26-29,34,44-46H,1,6-8,11,15,17-19,21-25,30-33,35-36H2,2-3H3,(H,63,75)(H,64,79)(H2,65,66,78). The quantitative estimate of drug-likeness (QED) is 0.0324. The maximum absolute atomic E-state index is 14.0. The summed E-state index contributed by atoms with van der Waals surface area (Å²) in [6.45, 7) is 7.93. The Morgan fingerprint density at radius 1 is 0.951 bits per heavy atom. The first kappa shape index (κ1) is 57.7. The molecule has 5 heterocycles. The van der Waals surface area contributed by atoms with Gasteiger partial charge >= 0.3 is 18.1 Å². The van der Waals surface area contributed by atoms with Crippen molar-refractivity contribution in [1.29, 1.82) is 5.26 Å². The van der Waals surface area contributed by atoms with Crippen LogP contribution in [0, 0.1) is 11.3 Å². The first-order valence-electron chi connectivity index (χ1n) is 27.3. The molecule has 4 aliphatic rings. The number of hydrogen-bond acceptors (Lipinski definition) is 14. The monoisotopic (exact) mass is 1140 g/mol. The topological polar surface area (TPSA) is 235 Å². The molecule has 3 atom stereocenters. The number of carbonyl (C=O) groups excluding carboxylic acids is 6. The molecule has 0 bridgehead atoms. The molecule has 0 saturated carbocycles. The summed E-state index contributed by atoms with van der Waals surface area (Å²) in [6.07, 6.45) is 4.13. The highest BCUT2D eigenvalue weighted by molar-refractivity contribution is 6.36. The number of nitrogens with zero attached hydrogens (tertiary/aromatic N) is 8. The van der Waals surface area contributed by atoms with Crippen LogP contribution in [0.5, 0.6) is 6.01 Å². The number of carbonyl (C=O) groups is 6. The van der Waals surface area contributed by atoms with Crippen LogP contribution in [-0.2, 0) is 51.6 Å². The third-order valence-electron chi connectivity index (χ3n) is 15.4. The van der Waals surface area contributed by atoms with Gasteiger partial charge in [-0.25, -0.2) is 9.59 Å². The van der Waals surface area contributed by atoms with E-state index in [2.05, 4.69) is 73.9 Å². The van der Waals surface area contributed by atoms with Crippen LogP contribution in [0.15, 0.2) is 84.9 Å². The fraction of sp³-hybridized carbons (Fsp3) is 0.407. The van der Waals surface area contributed by atoms with E-state index in [1.165, 1.54) is 11.9 Å². The molecule has 9 rings (SSSR count). The highest BCUT2D eigenvalue weighted by atomic mass is 35.5. The zero-order valence-corrected chi connectivity index (χ0v) is 47.0. The van der Waals surface area contributed by atoms with Gasteiger partial charge < -0.3 is 60.0 Å².